The Balaban J connectivity index is 1.82. The standard InChI is InChI=1S/C18H19N3O4/c1-23-14-7-11(8-15(24-2)18(14)25-3)9-16(22)20-13-6-4-5-12-10-19-21-17(12)13/h4-8,10H,9H2,1-3H3,(H,19,21)(H,20,22). The zero-order valence-electron chi connectivity index (χ0n) is 14.3. The molecule has 0 fully saturated rings. The maximum Gasteiger partial charge on any atom is 0.228 e. The number of nitrogens with zero attached hydrogens (tertiary/aromatic N) is 1. The third-order valence-corrected chi connectivity index (χ3v) is 3.84. The number of fused-ring (bicyclic) bond motifs is 1. The van der Waals surface area contributed by atoms with Crippen molar-refractivity contribution in [2.24, 2.45) is 0 Å². The van der Waals surface area contributed by atoms with Gasteiger partial charge in [0.25, 0.3) is 0 Å². The van der Waals surface area contributed by atoms with Crippen LogP contribution in [0.5, 0.6) is 17.2 Å². The predicted octanol–water partition coefficient (Wildman–Crippen LogP) is 2.77. The smallest absolute Gasteiger partial charge is 0.228 e. The predicted molar refractivity (Wildman–Crippen MR) is 94.5 cm³/mol. The summed E-state index contributed by atoms with van der Waals surface area (Å²) in [5.41, 5.74) is 2.23. The molecular formula is C18H19N3O4. The summed E-state index contributed by atoms with van der Waals surface area (Å²) in [4.78, 5) is 12.4. The van der Waals surface area contributed by atoms with E-state index in [1.54, 1.807) is 32.5 Å². The Morgan fingerprint density at radius 3 is 2.48 bits per heavy atom. The first-order valence-corrected chi connectivity index (χ1v) is 7.67. The summed E-state index contributed by atoms with van der Waals surface area (Å²) in [6, 6.07) is 9.14. The highest BCUT2D eigenvalue weighted by atomic mass is 16.5. The van der Waals surface area contributed by atoms with Gasteiger partial charge in [0.1, 0.15) is 0 Å². The summed E-state index contributed by atoms with van der Waals surface area (Å²) in [6.07, 6.45) is 1.88. The van der Waals surface area contributed by atoms with Crippen LogP contribution in [-0.4, -0.2) is 37.4 Å². The minimum atomic E-state index is -0.156. The van der Waals surface area contributed by atoms with E-state index in [1.807, 2.05) is 18.2 Å². The minimum Gasteiger partial charge on any atom is -0.493 e. The van der Waals surface area contributed by atoms with E-state index in [-0.39, 0.29) is 12.3 Å². The van der Waals surface area contributed by atoms with Gasteiger partial charge >= 0.3 is 0 Å². The third kappa shape index (κ3) is 3.35. The number of aromatic nitrogens is 2. The van der Waals surface area contributed by atoms with Crippen molar-refractivity contribution in [2.75, 3.05) is 26.6 Å². The van der Waals surface area contributed by atoms with Crippen LogP contribution in [0.4, 0.5) is 5.69 Å². The molecule has 0 radical (unpaired) electrons. The lowest BCUT2D eigenvalue weighted by atomic mass is 10.1. The molecule has 0 saturated carbocycles. The number of rotatable bonds is 6. The maximum atomic E-state index is 12.4. The molecule has 7 nitrogen and oxygen atoms in total. The van der Waals surface area contributed by atoms with E-state index in [1.165, 1.54) is 7.11 Å². The molecule has 0 saturated heterocycles. The molecule has 130 valence electrons. The van der Waals surface area contributed by atoms with Gasteiger partial charge < -0.3 is 19.5 Å². The second-order valence-electron chi connectivity index (χ2n) is 5.40. The van der Waals surface area contributed by atoms with Crippen molar-refractivity contribution >= 4 is 22.5 Å². The molecule has 25 heavy (non-hydrogen) atoms. The summed E-state index contributed by atoms with van der Waals surface area (Å²) >= 11 is 0. The average molecular weight is 341 g/mol. The molecule has 1 heterocycles. The Hall–Kier alpha value is -3.22. The number of H-pyrrole nitrogens is 1. The Bertz CT molecular complexity index is 879. The van der Waals surface area contributed by atoms with E-state index >= 15 is 0 Å². The van der Waals surface area contributed by atoms with Gasteiger partial charge in [0.2, 0.25) is 11.7 Å². The van der Waals surface area contributed by atoms with Crippen molar-refractivity contribution < 1.29 is 19.0 Å². The number of benzene rings is 2. The van der Waals surface area contributed by atoms with E-state index in [2.05, 4.69) is 15.5 Å². The fourth-order valence-corrected chi connectivity index (χ4v) is 2.69. The van der Waals surface area contributed by atoms with Crippen LogP contribution in [0.25, 0.3) is 10.9 Å². The minimum absolute atomic E-state index is 0.156. The van der Waals surface area contributed by atoms with Gasteiger partial charge in [-0.1, -0.05) is 12.1 Å². The highest BCUT2D eigenvalue weighted by Crippen LogP contribution is 2.38. The maximum absolute atomic E-state index is 12.4. The van der Waals surface area contributed by atoms with Crippen molar-refractivity contribution in [3.05, 3.63) is 42.1 Å². The van der Waals surface area contributed by atoms with Crippen molar-refractivity contribution in [3.8, 4) is 17.2 Å². The Labute approximate surface area is 144 Å². The lowest BCUT2D eigenvalue weighted by molar-refractivity contribution is -0.115. The molecule has 7 heteroatoms. The van der Waals surface area contributed by atoms with E-state index in [4.69, 9.17) is 14.2 Å². The first kappa shape index (κ1) is 16.6. The SMILES string of the molecule is COc1cc(CC(=O)Nc2cccc3cn[nH]c23)cc(OC)c1OC. The zero-order valence-corrected chi connectivity index (χ0v) is 14.3. The van der Waals surface area contributed by atoms with E-state index in [9.17, 15) is 4.79 Å². The number of carbonyl (C=O) groups excluding carboxylic acids is 1. The first-order valence-electron chi connectivity index (χ1n) is 7.67. The lowest BCUT2D eigenvalue weighted by Crippen LogP contribution is -2.15. The highest BCUT2D eigenvalue weighted by molar-refractivity contribution is 6.00. The molecule has 0 aliphatic carbocycles. The molecule has 1 amide bonds. The van der Waals surface area contributed by atoms with Gasteiger partial charge in [0.05, 0.1) is 45.2 Å². The molecule has 1 aromatic heterocycles. The molecule has 2 N–H and O–H groups in total. The van der Waals surface area contributed by atoms with Gasteiger partial charge in [-0.15, -0.1) is 0 Å². The Morgan fingerprint density at radius 2 is 1.84 bits per heavy atom. The van der Waals surface area contributed by atoms with Crippen LogP contribution in [0.3, 0.4) is 0 Å². The summed E-state index contributed by atoms with van der Waals surface area (Å²) in [7, 11) is 4.62. The van der Waals surface area contributed by atoms with Gasteiger partial charge in [-0.25, -0.2) is 0 Å². The second kappa shape index (κ2) is 7.12. The Kier molecular flexibility index (Phi) is 4.74. The van der Waals surface area contributed by atoms with Crippen molar-refractivity contribution in [1.82, 2.24) is 10.2 Å². The quantitative estimate of drug-likeness (QED) is 0.720. The normalized spacial score (nSPS) is 10.5. The number of methoxy groups -OCH3 is 3. The largest absolute Gasteiger partial charge is 0.493 e. The summed E-state index contributed by atoms with van der Waals surface area (Å²) in [5.74, 6) is 1.37. The lowest BCUT2D eigenvalue weighted by Gasteiger charge is -2.14. The Morgan fingerprint density at radius 1 is 1.12 bits per heavy atom. The topological polar surface area (TPSA) is 85.5 Å². The fraction of sp³-hybridized carbons (Fsp3) is 0.222. The third-order valence-electron chi connectivity index (χ3n) is 3.84. The van der Waals surface area contributed by atoms with Gasteiger partial charge in [-0.05, 0) is 23.8 Å². The number of hydrogen-bond donors (Lipinski definition) is 2. The number of anilines is 1. The molecule has 2 aromatic carbocycles. The van der Waals surface area contributed by atoms with Crippen molar-refractivity contribution in [1.29, 1.82) is 0 Å². The molecule has 0 aliphatic rings. The van der Waals surface area contributed by atoms with Crippen LogP contribution in [0, 0.1) is 0 Å². The van der Waals surface area contributed by atoms with Gasteiger partial charge in [0.15, 0.2) is 11.5 Å². The molecule has 0 aliphatic heterocycles. The fourth-order valence-electron chi connectivity index (χ4n) is 2.69. The number of hydrogen-bond acceptors (Lipinski definition) is 5. The molecule has 0 atom stereocenters. The van der Waals surface area contributed by atoms with Crippen molar-refractivity contribution in [2.45, 2.75) is 6.42 Å². The van der Waals surface area contributed by atoms with Crippen LogP contribution in [-0.2, 0) is 11.2 Å². The number of ether oxygens (including phenoxy) is 3. The number of para-hydroxylation sites is 1. The molecule has 3 rings (SSSR count). The van der Waals surface area contributed by atoms with Crippen LogP contribution >= 0.6 is 0 Å². The van der Waals surface area contributed by atoms with Gasteiger partial charge in [-0.2, -0.15) is 5.10 Å². The zero-order chi connectivity index (χ0) is 17.8. The summed E-state index contributed by atoms with van der Waals surface area (Å²) in [5, 5.41) is 10.7. The van der Waals surface area contributed by atoms with Crippen LogP contribution in [0.1, 0.15) is 5.56 Å². The van der Waals surface area contributed by atoms with E-state index in [0.717, 1.165) is 16.5 Å². The number of amides is 1. The van der Waals surface area contributed by atoms with Gasteiger partial charge in [0, 0.05) is 5.39 Å². The molecule has 0 unspecified atom stereocenters. The average Bonchev–Trinajstić information content (AvgIpc) is 3.10. The molecule has 0 spiro atoms. The summed E-state index contributed by atoms with van der Waals surface area (Å²) in [6.45, 7) is 0. The molecule has 3 aromatic rings. The van der Waals surface area contributed by atoms with Gasteiger partial charge in [-0.3, -0.25) is 9.89 Å². The van der Waals surface area contributed by atoms with Crippen molar-refractivity contribution in [3.63, 3.8) is 0 Å². The monoisotopic (exact) mass is 341 g/mol. The number of nitrogens with one attached hydrogen (secondary N) is 2. The second-order valence-corrected chi connectivity index (χ2v) is 5.40. The van der Waals surface area contributed by atoms with Crippen LogP contribution < -0.4 is 19.5 Å². The van der Waals surface area contributed by atoms with Crippen LogP contribution in [0.2, 0.25) is 0 Å². The highest BCUT2D eigenvalue weighted by Gasteiger charge is 2.15. The van der Waals surface area contributed by atoms with Crippen LogP contribution in [0.15, 0.2) is 36.5 Å². The number of aromatic amines is 1. The van der Waals surface area contributed by atoms with E-state index in [0.29, 0.717) is 22.9 Å². The first-order chi connectivity index (χ1) is 12.2. The summed E-state index contributed by atoms with van der Waals surface area (Å²) < 4.78 is 15.9. The molecule has 0 bridgehead atoms. The van der Waals surface area contributed by atoms with E-state index < -0.39 is 0 Å². The molecular weight excluding hydrogens is 322 g/mol. The number of carbonyl (C=O) groups is 1.